The zero-order valence-corrected chi connectivity index (χ0v) is 18.7. The van der Waals surface area contributed by atoms with Crippen molar-refractivity contribution < 1.29 is 4.79 Å². The van der Waals surface area contributed by atoms with Gasteiger partial charge in [-0.25, -0.2) is 0 Å². The summed E-state index contributed by atoms with van der Waals surface area (Å²) in [5, 5.41) is 14.7. The zero-order chi connectivity index (χ0) is 20.5. The second-order valence-electron chi connectivity index (χ2n) is 7.08. The van der Waals surface area contributed by atoms with Gasteiger partial charge in [0.15, 0.2) is 0 Å². The number of benzene rings is 1. The summed E-state index contributed by atoms with van der Waals surface area (Å²) in [6, 6.07) is 10.3. The van der Waals surface area contributed by atoms with Crippen molar-refractivity contribution in [2.24, 2.45) is 0 Å². The highest BCUT2D eigenvalue weighted by molar-refractivity contribution is 8.00. The number of nitrogens with one attached hydrogen (secondary N) is 1. The van der Waals surface area contributed by atoms with E-state index in [2.05, 4.69) is 44.4 Å². The molecule has 3 heterocycles. The second kappa shape index (κ2) is 8.16. The quantitative estimate of drug-likeness (QED) is 0.407. The van der Waals surface area contributed by atoms with Gasteiger partial charge < -0.3 is 5.32 Å². The lowest BCUT2D eigenvalue weighted by Gasteiger charge is -2.17. The Balaban J connectivity index is 1.66. The van der Waals surface area contributed by atoms with Gasteiger partial charge in [0, 0.05) is 12.1 Å². The number of carbonyl (C=O) groups is 1. The van der Waals surface area contributed by atoms with Crippen LogP contribution in [0.15, 0.2) is 40.7 Å². The molecular weight excluding hydrogens is 400 g/mol. The number of thiophene rings is 1. The van der Waals surface area contributed by atoms with Crippen LogP contribution in [0.5, 0.6) is 0 Å². The van der Waals surface area contributed by atoms with Crippen molar-refractivity contribution >= 4 is 50.4 Å². The third-order valence-electron chi connectivity index (χ3n) is 5.12. The van der Waals surface area contributed by atoms with Crippen LogP contribution in [0.4, 0.5) is 5.69 Å². The van der Waals surface area contributed by atoms with Crippen molar-refractivity contribution in [2.75, 3.05) is 5.32 Å². The van der Waals surface area contributed by atoms with E-state index >= 15 is 0 Å². The Morgan fingerprint density at radius 1 is 1.17 bits per heavy atom. The summed E-state index contributed by atoms with van der Waals surface area (Å²) in [7, 11) is 0. The van der Waals surface area contributed by atoms with Gasteiger partial charge in [0.1, 0.15) is 10.9 Å². The number of amides is 1. The summed E-state index contributed by atoms with van der Waals surface area (Å²) in [5.74, 6) is 0.938. The summed E-state index contributed by atoms with van der Waals surface area (Å²) in [6.07, 6.45) is 1.51. The Morgan fingerprint density at radius 3 is 2.62 bits per heavy atom. The molecule has 150 valence electrons. The monoisotopic (exact) mass is 424 g/mol. The van der Waals surface area contributed by atoms with Crippen LogP contribution >= 0.6 is 23.1 Å². The first-order valence-electron chi connectivity index (χ1n) is 9.81. The van der Waals surface area contributed by atoms with Crippen LogP contribution in [0, 0.1) is 13.8 Å². The predicted octanol–water partition coefficient (Wildman–Crippen LogP) is 5.63. The summed E-state index contributed by atoms with van der Waals surface area (Å²) in [5.41, 5.74) is 5.23. The van der Waals surface area contributed by atoms with E-state index in [9.17, 15) is 4.79 Å². The van der Waals surface area contributed by atoms with E-state index in [1.54, 1.807) is 11.3 Å². The van der Waals surface area contributed by atoms with Crippen LogP contribution < -0.4 is 5.32 Å². The lowest BCUT2D eigenvalue weighted by atomic mass is 10.1. The Bertz CT molecular complexity index is 1170. The molecule has 1 unspecified atom stereocenters. The molecule has 1 atom stereocenters. The molecule has 1 N–H and O–H groups in total. The lowest BCUT2D eigenvalue weighted by molar-refractivity contribution is -0.115. The number of rotatable bonds is 6. The smallest absolute Gasteiger partial charge is 0.237 e. The minimum atomic E-state index is -0.243. The molecule has 0 bridgehead atoms. The average molecular weight is 425 g/mol. The maximum Gasteiger partial charge on any atom is 0.237 e. The zero-order valence-electron chi connectivity index (χ0n) is 17.0. The molecule has 0 fully saturated rings. The van der Waals surface area contributed by atoms with Crippen LogP contribution in [-0.4, -0.2) is 25.8 Å². The molecule has 0 saturated carbocycles. The van der Waals surface area contributed by atoms with E-state index < -0.39 is 0 Å². The minimum absolute atomic E-state index is 0.00258. The normalized spacial score (nSPS) is 12.6. The van der Waals surface area contributed by atoms with Gasteiger partial charge in [-0.3, -0.25) is 9.20 Å². The number of fused-ring (bicyclic) bond motifs is 3. The molecule has 0 aliphatic heterocycles. The number of carbonyl (C=O) groups excluding carboxylic acids is 1. The summed E-state index contributed by atoms with van der Waals surface area (Å²) < 4.78 is 3.39. The fraction of sp³-hybridized carbons (Fsp3) is 0.318. The fourth-order valence-corrected chi connectivity index (χ4v) is 5.31. The molecule has 0 spiro atoms. The van der Waals surface area contributed by atoms with E-state index in [1.807, 2.05) is 39.0 Å². The molecule has 1 aromatic carbocycles. The molecule has 4 aromatic rings. The molecule has 5 nitrogen and oxygen atoms in total. The number of hydrogen-bond acceptors (Lipinski definition) is 5. The molecule has 0 saturated heterocycles. The Hall–Kier alpha value is -2.38. The number of aromatic nitrogens is 3. The molecule has 3 aromatic heterocycles. The van der Waals surface area contributed by atoms with E-state index in [1.165, 1.54) is 16.5 Å². The van der Waals surface area contributed by atoms with Crippen LogP contribution in [-0.2, 0) is 11.2 Å². The van der Waals surface area contributed by atoms with Crippen molar-refractivity contribution in [1.82, 2.24) is 14.6 Å². The highest BCUT2D eigenvalue weighted by Gasteiger charge is 2.23. The van der Waals surface area contributed by atoms with Gasteiger partial charge in [-0.1, -0.05) is 43.8 Å². The van der Waals surface area contributed by atoms with E-state index in [0.29, 0.717) is 6.42 Å². The van der Waals surface area contributed by atoms with Crippen molar-refractivity contribution in [3.63, 3.8) is 0 Å². The summed E-state index contributed by atoms with van der Waals surface area (Å²) >= 11 is 3.21. The van der Waals surface area contributed by atoms with Crippen molar-refractivity contribution in [3.8, 4) is 0 Å². The first-order valence-corrected chi connectivity index (χ1v) is 11.6. The van der Waals surface area contributed by atoms with Gasteiger partial charge in [-0.05, 0) is 48.9 Å². The first-order chi connectivity index (χ1) is 14.0. The van der Waals surface area contributed by atoms with Crippen molar-refractivity contribution in [3.05, 3.63) is 52.7 Å². The molecule has 4 rings (SSSR count). The number of nitrogens with zero attached hydrogens (tertiary/aromatic N) is 3. The number of anilines is 1. The molecule has 1 amide bonds. The third-order valence-corrected chi connectivity index (χ3v) is 7.32. The second-order valence-corrected chi connectivity index (χ2v) is 9.22. The van der Waals surface area contributed by atoms with E-state index in [-0.39, 0.29) is 11.2 Å². The van der Waals surface area contributed by atoms with Crippen molar-refractivity contribution in [1.29, 1.82) is 0 Å². The highest BCUT2D eigenvalue weighted by atomic mass is 32.2. The van der Waals surface area contributed by atoms with Crippen LogP contribution in [0.3, 0.4) is 0 Å². The number of thioether (sulfide) groups is 1. The predicted molar refractivity (Wildman–Crippen MR) is 122 cm³/mol. The van der Waals surface area contributed by atoms with Gasteiger partial charge in [0.05, 0.1) is 21.0 Å². The van der Waals surface area contributed by atoms with Crippen LogP contribution in [0.2, 0.25) is 0 Å². The average Bonchev–Trinajstić information content (AvgIpc) is 3.30. The SMILES string of the molecule is CCc1nnc(SC(CC)C(=O)Nc2c(C)cccc2C)c2cc3sccc3n12. The fourth-order valence-electron chi connectivity index (χ4n) is 3.55. The Kier molecular flexibility index (Phi) is 5.61. The first kappa shape index (κ1) is 19.9. The van der Waals surface area contributed by atoms with Crippen molar-refractivity contribution in [2.45, 2.75) is 50.8 Å². The largest absolute Gasteiger partial charge is 0.325 e. The maximum absolute atomic E-state index is 13.0. The topological polar surface area (TPSA) is 59.3 Å². The number of aryl methyl sites for hydroxylation is 3. The van der Waals surface area contributed by atoms with Crippen LogP contribution in [0.1, 0.15) is 37.2 Å². The van der Waals surface area contributed by atoms with Gasteiger partial charge in [-0.15, -0.1) is 21.5 Å². The van der Waals surface area contributed by atoms with Gasteiger partial charge >= 0.3 is 0 Å². The minimum Gasteiger partial charge on any atom is -0.325 e. The maximum atomic E-state index is 13.0. The van der Waals surface area contributed by atoms with E-state index in [4.69, 9.17) is 0 Å². The molecule has 0 aliphatic carbocycles. The molecule has 0 aliphatic rings. The lowest BCUT2D eigenvalue weighted by Crippen LogP contribution is -2.25. The van der Waals surface area contributed by atoms with Gasteiger partial charge in [0.25, 0.3) is 0 Å². The Morgan fingerprint density at radius 2 is 1.93 bits per heavy atom. The molecular formula is C22H24N4OS2. The summed E-state index contributed by atoms with van der Waals surface area (Å²) in [4.78, 5) is 13.0. The molecule has 7 heteroatoms. The van der Waals surface area contributed by atoms with Crippen LogP contribution in [0.25, 0.3) is 15.7 Å². The third kappa shape index (κ3) is 3.65. The standard InChI is InChI=1S/C22H24N4OS2/c1-5-17(21(27)23-20-13(3)8-7-9-14(20)4)29-22-16-12-18-15(10-11-28-18)26(16)19(6-2)24-25-22/h7-12,17H,5-6H2,1-4H3,(H,23,27). The van der Waals surface area contributed by atoms with E-state index in [0.717, 1.165) is 45.1 Å². The van der Waals surface area contributed by atoms with Gasteiger partial charge in [0.2, 0.25) is 5.91 Å². The number of hydrogen-bond donors (Lipinski definition) is 1. The summed E-state index contributed by atoms with van der Waals surface area (Å²) in [6.45, 7) is 8.15. The van der Waals surface area contributed by atoms with Gasteiger partial charge in [-0.2, -0.15) is 0 Å². The Labute approximate surface area is 178 Å². The molecule has 0 radical (unpaired) electrons. The number of para-hydroxylation sites is 1. The highest BCUT2D eigenvalue weighted by Crippen LogP contribution is 2.34. The molecule has 29 heavy (non-hydrogen) atoms.